The zero-order valence-electron chi connectivity index (χ0n) is 9.66. The first-order valence-electron chi connectivity index (χ1n) is 5.43. The summed E-state index contributed by atoms with van der Waals surface area (Å²) in [6.45, 7) is 6.71. The lowest BCUT2D eigenvalue weighted by Crippen LogP contribution is -2.31. The Morgan fingerprint density at radius 3 is 2.33 bits per heavy atom. The number of hydrogen-bond acceptors (Lipinski definition) is 1. The van der Waals surface area contributed by atoms with Gasteiger partial charge in [0.2, 0.25) is 5.91 Å². The average molecular weight is 205 g/mol. The lowest BCUT2D eigenvalue weighted by Gasteiger charge is -2.15. The molecule has 1 aromatic carbocycles. The molecule has 0 radical (unpaired) electrons. The minimum absolute atomic E-state index is 0.0775. The Morgan fingerprint density at radius 1 is 1.20 bits per heavy atom. The van der Waals surface area contributed by atoms with Gasteiger partial charge in [0.25, 0.3) is 0 Å². The van der Waals surface area contributed by atoms with Gasteiger partial charge in [-0.05, 0) is 11.5 Å². The molecular weight excluding hydrogens is 186 g/mol. The molecule has 0 saturated carbocycles. The summed E-state index contributed by atoms with van der Waals surface area (Å²) in [6.07, 6.45) is 0. The van der Waals surface area contributed by atoms with E-state index in [0.717, 1.165) is 5.56 Å². The maximum Gasteiger partial charge on any atom is 0.223 e. The maximum atomic E-state index is 11.6. The highest BCUT2D eigenvalue weighted by atomic mass is 16.1. The van der Waals surface area contributed by atoms with Gasteiger partial charge in [-0.15, -0.1) is 0 Å². The van der Waals surface area contributed by atoms with E-state index in [9.17, 15) is 4.79 Å². The number of amides is 1. The maximum absolute atomic E-state index is 11.6. The van der Waals surface area contributed by atoms with Crippen LogP contribution in [0.25, 0.3) is 0 Å². The second-order valence-corrected chi connectivity index (χ2v) is 4.24. The fourth-order valence-corrected chi connectivity index (χ4v) is 1.25. The Labute approximate surface area is 91.7 Å². The van der Waals surface area contributed by atoms with Crippen LogP contribution in [0.3, 0.4) is 0 Å². The van der Waals surface area contributed by atoms with E-state index >= 15 is 0 Å². The van der Waals surface area contributed by atoms with Gasteiger partial charge >= 0.3 is 0 Å². The van der Waals surface area contributed by atoms with E-state index in [1.165, 1.54) is 0 Å². The van der Waals surface area contributed by atoms with Crippen molar-refractivity contribution in [2.45, 2.75) is 27.3 Å². The van der Waals surface area contributed by atoms with Gasteiger partial charge in [0.1, 0.15) is 0 Å². The highest BCUT2D eigenvalue weighted by Gasteiger charge is 2.15. The molecule has 0 bridgehead atoms. The van der Waals surface area contributed by atoms with Gasteiger partial charge in [-0.2, -0.15) is 0 Å². The Morgan fingerprint density at radius 2 is 1.80 bits per heavy atom. The summed E-state index contributed by atoms with van der Waals surface area (Å²) in [5.74, 6) is 0.600. The predicted molar refractivity (Wildman–Crippen MR) is 62.3 cm³/mol. The number of carbonyl (C=O) groups is 1. The molecule has 0 aliphatic heterocycles. The van der Waals surface area contributed by atoms with Gasteiger partial charge in [-0.1, -0.05) is 51.1 Å². The lowest BCUT2D eigenvalue weighted by atomic mass is 9.97. The van der Waals surface area contributed by atoms with Gasteiger partial charge in [0.15, 0.2) is 0 Å². The second-order valence-electron chi connectivity index (χ2n) is 4.24. The molecule has 15 heavy (non-hydrogen) atoms. The standard InChI is InChI=1S/C13H19NO/c1-10(2)11(3)13(15)14-9-12-7-5-4-6-8-12/h4-8,10-11H,9H2,1-3H3,(H,14,15). The van der Waals surface area contributed by atoms with Gasteiger partial charge < -0.3 is 5.32 Å². The molecule has 1 unspecified atom stereocenters. The highest BCUT2D eigenvalue weighted by Crippen LogP contribution is 2.09. The Balaban J connectivity index is 2.41. The Hall–Kier alpha value is -1.31. The van der Waals surface area contributed by atoms with Crippen LogP contribution in [0.4, 0.5) is 0 Å². The topological polar surface area (TPSA) is 29.1 Å². The van der Waals surface area contributed by atoms with Crippen LogP contribution in [0.1, 0.15) is 26.3 Å². The third-order valence-electron chi connectivity index (χ3n) is 2.72. The smallest absolute Gasteiger partial charge is 0.223 e. The molecule has 2 nitrogen and oxygen atoms in total. The van der Waals surface area contributed by atoms with Crippen LogP contribution in [-0.2, 0) is 11.3 Å². The van der Waals surface area contributed by atoms with E-state index in [1.807, 2.05) is 37.3 Å². The van der Waals surface area contributed by atoms with Gasteiger partial charge in [-0.25, -0.2) is 0 Å². The fraction of sp³-hybridized carbons (Fsp3) is 0.462. The Bertz CT molecular complexity index is 306. The third-order valence-corrected chi connectivity index (χ3v) is 2.72. The quantitative estimate of drug-likeness (QED) is 0.804. The summed E-state index contributed by atoms with van der Waals surface area (Å²) in [5, 5.41) is 2.94. The van der Waals surface area contributed by atoms with Crippen molar-refractivity contribution in [1.82, 2.24) is 5.32 Å². The van der Waals surface area contributed by atoms with Crippen molar-refractivity contribution >= 4 is 5.91 Å². The van der Waals surface area contributed by atoms with Gasteiger partial charge in [0.05, 0.1) is 0 Å². The van der Waals surface area contributed by atoms with E-state index in [1.54, 1.807) is 0 Å². The summed E-state index contributed by atoms with van der Waals surface area (Å²) < 4.78 is 0. The second kappa shape index (κ2) is 5.54. The fourth-order valence-electron chi connectivity index (χ4n) is 1.25. The van der Waals surface area contributed by atoms with Crippen LogP contribution in [0.2, 0.25) is 0 Å². The SMILES string of the molecule is CC(C)C(C)C(=O)NCc1ccccc1. The number of rotatable bonds is 4. The molecule has 0 heterocycles. The highest BCUT2D eigenvalue weighted by molar-refractivity contribution is 5.78. The summed E-state index contributed by atoms with van der Waals surface area (Å²) in [4.78, 5) is 11.6. The molecule has 1 atom stereocenters. The molecule has 1 N–H and O–H groups in total. The number of hydrogen-bond donors (Lipinski definition) is 1. The van der Waals surface area contributed by atoms with Gasteiger partial charge in [0, 0.05) is 12.5 Å². The minimum atomic E-state index is 0.0775. The first kappa shape index (κ1) is 11.8. The zero-order chi connectivity index (χ0) is 11.3. The predicted octanol–water partition coefficient (Wildman–Crippen LogP) is 2.59. The minimum Gasteiger partial charge on any atom is -0.352 e. The van der Waals surface area contributed by atoms with Crippen molar-refractivity contribution in [1.29, 1.82) is 0 Å². The van der Waals surface area contributed by atoms with E-state index in [4.69, 9.17) is 0 Å². The number of benzene rings is 1. The van der Waals surface area contributed by atoms with Gasteiger partial charge in [-0.3, -0.25) is 4.79 Å². The first-order chi connectivity index (χ1) is 7.11. The molecule has 0 spiro atoms. The molecule has 0 aliphatic carbocycles. The van der Waals surface area contributed by atoms with E-state index in [0.29, 0.717) is 12.5 Å². The monoisotopic (exact) mass is 205 g/mol. The zero-order valence-corrected chi connectivity index (χ0v) is 9.66. The molecule has 0 aliphatic rings. The molecule has 1 rings (SSSR count). The first-order valence-corrected chi connectivity index (χ1v) is 5.43. The Kier molecular flexibility index (Phi) is 4.35. The van der Waals surface area contributed by atoms with Crippen molar-refractivity contribution in [3.8, 4) is 0 Å². The summed E-state index contributed by atoms with van der Waals surface area (Å²) in [6, 6.07) is 9.96. The van der Waals surface area contributed by atoms with Crippen molar-refractivity contribution in [2.75, 3.05) is 0 Å². The van der Waals surface area contributed by atoms with Crippen LogP contribution in [0.15, 0.2) is 30.3 Å². The molecule has 2 heteroatoms. The van der Waals surface area contributed by atoms with Crippen LogP contribution < -0.4 is 5.32 Å². The summed E-state index contributed by atoms with van der Waals surface area (Å²) >= 11 is 0. The molecule has 0 saturated heterocycles. The molecule has 82 valence electrons. The summed E-state index contributed by atoms with van der Waals surface area (Å²) in [5.41, 5.74) is 1.14. The average Bonchev–Trinajstić information content (AvgIpc) is 2.26. The van der Waals surface area contributed by atoms with Crippen LogP contribution in [-0.4, -0.2) is 5.91 Å². The molecular formula is C13H19NO. The van der Waals surface area contributed by atoms with Crippen LogP contribution >= 0.6 is 0 Å². The van der Waals surface area contributed by atoms with Crippen molar-refractivity contribution < 1.29 is 4.79 Å². The van der Waals surface area contributed by atoms with Crippen LogP contribution in [0.5, 0.6) is 0 Å². The normalized spacial score (nSPS) is 12.5. The van der Waals surface area contributed by atoms with Crippen LogP contribution in [0, 0.1) is 11.8 Å². The summed E-state index contributed by atoms with van der Waals surface area (Å²) in [7, 11) is 0. The van der Waals surface area contributed by atoms with Crippen molar-refractivity contribution in [3.63, 3.8) is 0 Å². The molecule has 1 aromatic rings. The van der Waals surface area contributed by atoms with E-state index in [2.05, 4.69) is 19.2 Å². The van der Waals surface area contributed by atoms with Crippen molar-refractivity contribution in [2.24, 2.45) is 11.8 Å². The molecule has 0 aromatic heterocycles. The third kappa shape index (κ3) is 3.74. The largest absolute Gasteiger partial charge is 0.352 e. The number of nitrogens with one attached hydrogen (secondary N) is 1. The van der Waals surface area contributed by atoms with E-state index < -0.39 is 0 Å². The van der Waals surface area contributed by atoms with E-state index in [-0.39, 0.29) is 11.8 Å². The molecule has 0 fully saturated rings. The van der Waals surface area contributed by atoms with Crippen molar-refractivity contribution in [3.05, 3.63) is 35.9 Å². The lowest BCUT2D eigenvalue weighted by molar-refractivity contribution is -0.125. The molecule has 1 amide bonds. The number of carbonyl (C=O) groups excluding carboxylic acids is 1.